The standard InChI is InChI=1S/C15H19BN2O7S/c19-6-7-24-18-14(11-4-2-8-26-11)15(22)17-12-5-1-3-10(9-13(20)21)25-16(12)23/h1-4,8,10,12,19,23H,5-7,9H2,(H,17,22)(H,20,21)/b18-14-/t10-,12+/m1/s1. The molecule has 0 spiro atoms. The lowest BCUT2D eigenvalue weighted by Crippen LogP contribution is -2.50. The highest BCUT2D eigenvalue weighted by Gasteiger charge is 2.33. The first kappa shape index (κ1) is 20.1. The van der Waals surface area contributed by atoms with Gasteiger partial charge in [-0.25, -0.2) is 0 Å². The Kier molecular flexibility index (Phi) is 7.79. The molecule has 0 fully saturated rings. The van der Waals surface area contributed by atoms with Gasteiger partial charge in [0.2, 0.25) is 0 Å². The molecular formula is C15H19BN2O7S. The monoisotopic (exact) mass is 382 g/mol. The summed E-state index contributed by atoms with van der Waals surface area (Å²) in [5.74, 6) is -2.41. The molecule has 140 valence electrons. The topological polar surface area (TPSA) is 138 Å². The van der Waals surface area contributed by atoms with Gasteiger partial charge in [-0.2, -0.15) is 0 Å². The average molecular weight is 382 g/mol. The number of nitrogens with one attached hydrogen (secondary N) is 1. The van der Waals surface area contributed by atoms with E-state index >= 15 is 0 Å². The lowest BCUT2D eigenvalue weighted by atomic mass is 9.77. The van der Waals surface area contributed by atoms with Crippen molar-refractivity contribution in [3.63, 3.8) is 0 Å². The van der Waals surface area contributed by atoms with Crippen molar-refractivity contribution >= 4 is 36.0 Å². The molecule has 11 heteroatoms. The average Bonchev–Trinajstić information content (AvgIpc) is 3.05. The van der Waals surface area contributed by atoms with Crippen molar-refractivity contribution in [3.8, 4) is 0 Å². The van der Waals surface area contributed by atoms with Gasteiger partial charge in [0.05, 0.1) is 30.0 Å². The van der Waals surface area contributed by atoms with Crippen LogP contribution in [0.1, 0.15) is 17.7 Å². The first-order valence-electron chi connectivity index (χ1n) is 7.88. The molecule has 1 aliphatic heterocycles. The van der Waals surface area contributed by atoms with Gasteiger partial charge in [0.25, 0.3) is 5.91 Å². The van der Waals surface area contributed by atoms with Crippen molar-refractivity contribution in [2.75, 3.05) is 13.2 Å². The molecule has 1 aliphatic rings. The maximum absolute atomic E-state index is 12.6. The predicted octanol–water partition coefficient (Wildman–Crippen LogP) is -0.215. The summed E-state index contributed by atoms with van der Waals surface area (Å²) in [6.45, 7) is -0.301. The van der Waals surface area contributed by atoms with Crippen LogP contribution in [-0.4, -0.2) is 65.2 Å². The molecule has 1 aromatic heterocycles. The molecule has 2 atom stereocenters. The number of aliphatic hydroxyl groups excluding tert-OH is 1. The Labute approximate surface area is 154 Å². The number of carboxylic acid groups (broad SMARTS) is 1. The Bertz CT molecular complexity index is 665. The van der Waals surface area contributed by atoms with Gasteiger partial charge in [-0.3, -0.25) is 9.59 Å². The number of carboxylic acids is 1. The molecule has 0 bridgehead atoms. The molecule has 0 aliphatic carbocycles. The summed E-state index contributed by atoms with van der Waals surface area (Å²) >= 11 is 1.28. The van der Waals surface area contributed by atoms with Gasteiger partial charge in [0, 0.05) is 0 Å². The smallest absolute Gasteiger partial charge is 0.478 e. The number of hydrogen-bond acceptors (Lipinski definition) is 8. The van der Waals surface area contributed by atoms with Crippen LogP contribution in [0, 0.1) is 0 Å². The van der Waals surface area contributed by atoms with Crippen LogP contribution in [0.4, 0.5) is 0 Å². The largest absolute Gasteiger partial charge is 0.481 e. The maximum Gasteiger partial charge on any atom is 0.478 e. The maximum atomic E-state index is 12.6. The summed E-state index contributed by atoms with van der Waals surface area (Å²) in [5, 5.41) is 35.9. The van der Waals surface area contributed by atoms with E-state index in [2.05, 4.69) is 10.5 Å². The molecule has 26 heavy (non-hydrogen) atoms. The Morgan fingerprint density at radius 1 is 1.50 bits per heavy atom. The Balaban J connectivity index is 2.05. The van der Waals surface area contributed by atoms with Gasteiger partial charge in [-0.05, 0) is 17.9 Å². The molecule has 1 amide bonds. The van der Waals surface area contributed by atoms with Crippen LogP contribution >= 0.6 is 11.3 Å². The third-order valence-electron chi connectivity index (χ3n) is 3.40. The lowest BCUT2D eigenvalue weighted by Gasteiger charge is -2.20. The Morgan fingerprint density at radius 2 is 2.31 bits per heavy atom. The summed E-state index contributed by atoms with van der Waals surface area (Å²) in [6, 6.07) is 3.44. The van der Waals surface area contributed by atoms with Crippen molar-refractivity contribution in [2.24, 2.45) is 5.16 Å². The minimum atomic E-state index is -1.37. The highest BCUT2D eigenvalue weighted by Crippen LogP contribution is 2.14. The second-order valence-electron chi connectivity index (χ2n) is 5.38. The van der Waals surface area contributed by atoms with Gasteiger partial charge in [0.15, 0.2) is 5.71 Å². The fourth-order valence-corrected chi connectivity index (χ4v) is 2.93. The van der Waals surface area contributed by atoms with Crippen LogP contribution in [0.25, 0.3) is 0 Å². The van der Waals surface area contributed by atoms with Crippen molar-refractivity contribution in [3.05, 3.63) is 34.5 Å². The number of rotatable bonds is 8. The van der Waals surface area contributed by atoms with E-state index in [4.69, 9.17) is 19.7 Å². The van der Waals surface area contributed by atoms with E-state index in [0.29, 0.717) is 4.88 Å². The molecule has 4 N–H and O–H groups in total. The molecule has 2 heterocycles. The van der Waals surface area contributed by atoms with E-state index in [-0.39, 0.29) is 31.8 Å². The summed E-state index contributed by atoms with van der Waals surface area (Å²) in [5.41, 5.74) is 0.0102. The van der Waals surface area contributed by atoms with Crippen LogP contribution in [0.2, 0.25) is 0 Å². The summed E-state index contributed by atoms with van der Waals surface area (Å²) in [7, 11) is -1.37. The van der Waals surface area contributed by atoms with Gasteiger partial charge >= 0.3 is 13.1 Å². The molecule has 0 aromatic carbocycles. The second kappa shape index (κ2) is 10.1. The minimum Gasteiger partial charge on any atom is -0.481 e. The number of aliphatic carboxylic acids is 1. The third-order valence-corrected chi connectivity index (χ3v) is 4.28. The van der Waals surface area contributed by atoms with Crippen LogP contribution in [0.5, 0.6) is 0 Å². The number of oxime groups is 1. The fraction of sp³-hybridized carbons (Fsp3) is 0.400. The van der Waals surface area contributed by atoms with Gasteiger partial charge in [0.1, 0.15) is 6.61 Å². The predicted molar refractivity (Wildman–Crippen MR) is 94.7 cm³/mol. The highest BCUT2D eigenvalue weighted by atomic mass is 32.1. The highest BCUT2D eigenvalue weighted by molar-refractivity contribution is 7.13. The number of nitrogens with zero attached hydrogens (tertiary/aromatic N) is 1. The third kappa shape index (κ3) is 5.95. The zero-order valence-electron chi connectivity index (χ0n) is 13.8. The number of hydrogen-bond donors (Lipinski definition) is 4. The number of carbonyl (C=O) groups is 2. The van der Waals surface area contributed by atoms with Gasteiger partial charge < -0.3 is 30.0 Å². The van der Waals surface area contributed by atoms with E-state index in [0.717, 1.165) is 0 Å². The number of thiophene rings is 1. The molecule has 1 aromatic rings. The molecule has 9 nitrogen and oxygen atoms in total. The minimum absolute atomic E-state index is 0.0102. The number of aliphatic hydroxyl groups is 1. The number of carbonyl (C=O) groups excluding carboxylic acids is 1. The van der Waals surface area contributed by atoms with Crippen LogP contribution in [-0.2, 0) is 19.1 Å². The molecule has 0 saturated carbocycles. The Morgan fingerprint density at radius 3 is 2.96 bits per heavy atom. The van der Waals surface area contributed by atoms with Crippen LogP contribution in [0.3, 0.4) is 0 Å². The van der Waals surface area contributed by atoms with E-state index < -0.39 is 31.0 Å². The quantitative estimate of drug-likeness (QED) is 0.160. The van der Waals surface area contributed by atoms with Crippen molar-refractivity contribution in [1.82, 2.24) is 5.32 Å². The first-order valence-corrected chi connectivity index (χ1v) is 8.76. The fourth-order valence-electron chi connectivity index (χ4n) is 2.23. The zero-order valence-corrected chi connectivity index (χ0v) is 14.6. The SMILES string of the molecule is O=C(O)C[C@H]1C=CC[C@H](NC(=O)/C(=N\OCCO)c2cccs2)B(O)O1. The molecular weight excluding hydrogens is 363 g/mol. The van der Waals surface area contributed by atoms with Crippen molar-refractivity contribution in [2.45, 2.75) is 24.9 Å². The second-order valence-corrected chi connectivity index (χ2v) is 6.33. The molecule has 0 unspecified atom stereocenters. The van der Waals surface area contributed by atoms with E-state index in [1.54, 1.807) is 29.7 Å². The summed E-state index contributed by atoms with van der Waals surface area (Å²) in [6.07, 6.45) is 2.40. The lowest BCUT2D eigenvalue weighted by molar-refractivity contribution is -0.138. The van der Waals surface area contributed by atoms with Gasteiger partial charge in [-0.1, -0.05) is 23.4 Å². The van der Waals surface area contributed by atoms with E-state index in [1.807, 2.05) is 0 Å². The summed E-state index contributed by atoms with van der Waals surface area (Å²) in [4.78, 5) is 28.8. The van der Waals surface area contributed by atoms with Crippen LogP contribution in [0.15, 0.2) is 34.8 Å². The molecule has 2 rings (SSSR count). The van der Waals surface area contributed by atoms with E-state index in [1.165, 1.54) is 11.3 Å². The number of amides is 1. The normalized spacial score (nSPS) is 20.5. The van der Waals surface area contributed by atoms with Crippen molar-refractivity contribution < 1.29 is 34.3 Å². The Hall–Kier alpha value is -2.21. The molecule has 0 saturated heterocycles. The van der Waals surface area contributed by atoms with E-state index in [9.17, 15) is 14.6 Å². The first-order chi connectivity index (χ1) is 12.5. The van der Waals surface area contributed by atoms with Crippen molar-refractivity contribution in [1.29, 1.82) is 0 Å². The zero-order chi connectivity index (χ0) is 18.9. The van der Waals surface area contributed by atoms with Crippen LogP contribution < -0.4 is 5.32 Å². The van der Waals surface area contributed by atoms with Gasteiger partial charge in [-0.15, -0.1) is 11.3 Å². The summed E-state index contributed by atoms with van der Waals surface area (Å²) < 4.78 is 5.28. The molecule has 0 radical (unpaired) electrons.